The van der Waals surface area contributed by atoms with Gasteiger partial charge in [-0.3, -0.25) is 4.79 Å². The standard InChI is InChI=1S/C15H14BrClN2O2/c16-12-6-3-10(8-13(12)17)19-15(21)14(18)7-9-1-4-11(20)5-2-9/h1-6,8,14,20H,7,18H2,(H,19,21)/t14-/m1/s1. The Kier molecular flexibility index (Phi) is 5.22. The molecule has 0 aliphatic carbocycles. The lowest BCUT2D eigenvalue weighted by molar-refractivity contribution is -0.117. The van der Waals surface area contributed by atoms with E-state index in [9.17, 15) is 9.90 Å². The van der Waals surface area contributed by atoms with E-state index in [1.165, 1.54) is 0 Å². The number of benzene rings is 2. The molecule has 2 rings (SSSR count). The second-order valence-electron chi connectivity index (χ2n) is 4.60. The molecule has 2 aromatic carbocycles. The van der Waals surface area contributed by atoms with Crippen molar-refractivity contribution in [2.75, 3.05) is 5.32 Å². The lowest BCUT2D eigenvalue weighted by Crippen LogP contribution is -2.37. The van der Waals surface area contributed by atoms with Crippen molar-refractivity contribution < 1.29 is 9.90 Å². The Morgan fingerprint density at radius 1 is 1.29 bits per heavy atom. The fourth-order valence-corrected chi connectivity index (χ4v) is 2.21. The molecular formula is C15H14BrClN2O2. The number of halogens is 2. The number of amides is 1. The van der Waals surface area contributed by atoms with E-state index in [-0.39, 0.29) is 11.7 Å². The average Bonchev–Trinajstić information content (AvgIpc) is 2.45. The van der Waals surface area contributed by atoms with Gasteiger partial charge in [0.05, 0.1) is 11.1 Å². The van der Waals surface area contributed by atoms with Crippen LogP contribution >= 0.6 is 27.5 Å². The first-order valence-electron chi connectivity index (χ1n) is 6.25. The number of carbonyl (C=O) groups excluding carboxylic acids is 1. The summed E-state index contributed by atoms with van der Waals surface area (Å²) in [6.45, 7) is 0. The molecule has 110 valence electrons. The summed E-state index contributed by atoms with van der Waals surface area (Å²) in [6.07, 6.45) is 0.385. The van der Waals surface area contributed by atoms with Crippen molar-refractivity contribution in [2.24, 2.45) is 5.73 Å². The van der Waals surface area contributed by atoms with Crippen LogP contribution in [0.5, 0.6) is 5.75 Å². The van der Waals surface area contributed by atoms with Gasteiger partial charge in [0.1, 0.15) is 5.75 Å². The molecule has 0 saturated carbocycles. The summed E-state index contributed by atoms with van der Waals surface area (Å²) in [7, 11) is 0. The molecule has 0 radical (unpaired) electrons. The molecule has 4 nitrogen and oxygen atoms in total. The molecule has 6 heteroatoms. The van der Waals surface area contributed by atoms with Crippen LogP contribution in [0.1, 0.15) is 5.56 Å². The molecule has 0 aromatic heterocycles. The van der Waals surface area contributed by atoms with E-state index in [2.05, 4.69) is 21.2 Å². The summed E-state index contributed by atoms with van der Waals surface area (Å²) in [5, 5.41) is 12.5. The summed E-state index contributed by atoms with van der Waals surface area (Å²) >= 11 is 9.25. The smallest absolute Gasteiger partial charge is 0.241 e. The predicted octanol–water partition coefficient (Wildman–Crippen LogP) is 3.32. The van der Waals surface area contributed by atoms with Crippen LogP contribution in [-0.2, 0) is 11.2 Å². The number of nitrogens with two attached hydrogens (primary N) is 1. The predicted molar refractivity (Wildman–Crippen MR) is 87.6 cm³/mol. The second-order valence-corrected chi connectivity index (χ2v) is 5.86. The third-order valence-electron chi connectivity index (χ3n) is 2.92. The fourth-order valence-electron chi connectivity index (χ4n) is 1.79. The lowest BCUT2D eigenvalue weighted by Gasteiger charge is -2.13. The fraction of sp³-hybridized carbons (Fsp3) is 0.133. The van der Waals surface area contributed by atoms with Gasteiger partial charge < -0.3 is 16.2 Å². The van der Waals surface area contributed by atoms with E-state index in [1.807, 2.05) is 0 Å². The molecule has 4 N–H and O–H groups in total. The zero-order valence-corrected chi connectivity index (χ0v) is 13.4. The van der Waals surface area contributed by atoms with Crippen molar-refractivity contribution in [3.05, 3.63) is 57.5 Å². The van der Waals surface area contributed by atoms with Crippen LogP contribution in [0.4, 0.5) is 5.69 Å². The molecule has 0 bridgehead atoms. The number of aromatic hydroxyl groups is 1. The van der Waals surface area contributed by atoms with Gasteiger partial charge in [-0.25, -0.2) is 0 Å². The van der Waals surface area contributed by atoms with Crippen molar-refractivity contribution in [2.45, 2.75) is 12.5 Å². The van der Waals surface area contributed by atoms with Crippen LogP contribution in [-0.4, -0.2) is 17.1 Å². The lowest BCUT2D eigenvalue weighted by atomic mass is 10.1. The summed E-state index contributed by atoms with van der Waals surface area (Å²) in [5.74, 6) is -0.109. The maximum Gasteiger partial charge on any atom is 0.241 e. The highest BCUT2D eigenvalue weighted by Crippen LogP contribution is 2.25. The first kappa shape index (κ1) is 15.8. The van der Waals surface area contributed by atoms with Gasteiger partial charge in [0.2, 0.25) is 5.91 Å². The molecule has 0 unspecified atom stereocenters. The highest BCUT2D eigenvalue weighted by atomic mass is 79.9. The van der Waals surface area contributed by atoms with Gasteiger partial charge in [-0.2, -0.15) is 0 Å². The van der Waals surface area contributed by atoms with Gasteiger partial charge in [-0.05, 0) is 58.2 Å². The van der Waals surface area contributed by atoms with Gasteiger partial charge in [0.15, 0.2) is 0 Å². The summed E-state index contributed by atoms with van der Waals surface area (Å²) in [5.41, 5.74) is 7.36. The molecule has 0 spiro atoms. The first-order valence-corrected chi connectivity index (χ1v) is 7.42. The van der Waals surface area contributed by atoms with E-state index in [1.54, 1.807) is 42.5 Å². The van der Waals surface area contributed by atoms with Gasteiger partial charge >= 0.3 is 0 Å². The van der Waals surface area contributed by atoms with Crippen LogP contribution in [0.3, 0.4) is 0 Å². The van der Waals surface area contributed by atoms with E-state index >= 15 is 0 Å². The Hall–Kier alpha value is -1.56. The second kappa shape index (κ2) is 6.93. The van der Waals surface area contributed by atoms with Crippen molar-refractivity contribution in [1.82, 2.24) is 0 Å². The number of hydrogen-bond donors (Lipinski definition) is 3. The molecule has 0 aliphatic rings. The number of phenolic OH excluding ortho intramolecular Hbond substituents is 1. The maximum absolute atomic E-state index is 12.0. The largest absolute Gasteiger partial charge is 0.508 e. The van der Waals surface area contributed by atoms with Gasteiger partial charge in [-0.1, -0.05) is 23.7 Å². The molecule has 0 saturated heterocycles. The number of carbonyl (C=O) groups is 1. The summed E-state index contributed by atoms with van der Waals surface area (Å²) in [4.78, 5) is 12.0. The van der Waals surface area contributed by atoms with Crippen LogP contribution in [0.15, 0.2) is 46.9 Å². The third kappa shape index (κ3) is 4.46. The molecular weight excluding hydrogens is 356 g/mol. The SMILES string of the molecule is N[C@H](Cc1ccc(O)cc1)C(=O)Nc1ccc(Br)c(Cl)c1. The van der Waals surface area contributed by atoms with E-state index in [0.717, 1.165) is 10.0 Å². The van der Waals surface area contributed by atoms with Crippen LogP contribution in [0.25, 0.3) is 0 Å². The van der Waals surface area contributed by atoms with Gasteiger partial charge in [-0.15, -0.1) is 0 Å². The monoisotopic (exact) mass is 368 g/mol. The topological polar surface area (TPSA) is 75.3 Å². The Morgan fingerprint density at radius 3 is 2.57 bits per heavy atom. The summed E-state index contributed by atoms with van der Waals surface area (Å²) < 4.78 is 0.760. The van der Waals surface area contributed by atoms with Gasteiger partial charge in [0, 0.05) is 10.2 Å². The normalized spacial score (nSPS) is 12.0. The van der Waals surface area contributed by atoms with Crippen molar-refractivity contribution >= 4 is 39.1 Å². The Bertz CT molecular complexity index is 647. The highest BCUT2D eigenvalue weighted by Gasteiger charge is 2.14. The zero-order chi connectivity index (χ0) is 15.4. The summed E-state index contributed by atoms with van der Waals surface area (Å²) in [6, 6.07) is 11.1. The average molecular weight is 370 g/mol. The molecule has 0 fully saturated rings. The van der Waals surface area contributed by atoms with Crippen molar-refractivity contribution in [3.8, 4) is 5.75 Å². The first-order chi connectivity index (χ1) is 9.95. The zero-order valence-electron chi connectivity index (χ0n) is 11.0. The van der Waals surface area contributed by atoms with E-state index in [0.29, 0.717) is 17.1 Å². The molecule has 0 heterocycles. The van der Waals surface area contributed by atoms with E-state index in [4.69, 9.17) is 17.3 Å². The number of rotatable bonds is 4. The van der Waals surface area contributed by atoms with Crippen LogP contribution in [0.2, 0.25) is 5.02 Å². The highest BCUT2D eigenvalue weighted by molar-refractivity contribution is 9.10. The minimum absolute atomic E-state index is 0.182. The minimum Gasteiger partial charge on any atom is -0.508 e. The van der Waals surface area contributed by atoms with Crippen LogP contribution in [0, 0.1) is 0 Å². The third-order valence-corrected chi connectivity index (χ3v) is 4.15. The molecule has 0 aliphatic heterocycles. The van der Waals surface area contributed by atoms with Crippen LogP contribution < -0.4 is 11.1 Å². The molecule has 1 atom stereocenters. The van der Waals surface area contributed by atoms with Crippen molar-refractivity contribution in [3.63, 3.8) is 0 Å². The number of phenols is 1. The van der Waals surface area contributed by atoms with E-state index < -0.39 is 6.04 Å². The Labute approximate surface area is 136 Å². The molecule has 2 aromatic rings. The Morgan fingerprint density at radius 2 is 1.95 bits per heavy atom. The molecule has 21 heavy (non-hydrogen) atoms. The number of hydrogen-bond acceptors (Lipinski definition) is 3. The van der Waals surface area contributed by atoms with Gasteiger partial charge in [0.25, 0.3) is 0 Å². The Balaban J connectivity index is 1.98. The quantitative estimate of drug-likeness (QED) is 0.774. The van der Waals surface area contributed by atoms with Crippen molar-refractivity contribution in [1.29, 1.82) is 0 Å². The number of nitrogens with one attached hydrogen (secondary N) is 1. The number of anilines is 1. The minimum atomic E-state index is -0.683. The molecule has 1 amide bonds. The maximum atomic E-state index is 12.0.